The predicted molar refractivity (Wildman–Crippen MR) is 85.2 cm³/mol. The molecule has 0 heterocycles. The first-order valence-electron chi connectivity index (χ1n) is 6.80. The van der Waals surface area contributed by atoms with E-state index in [2.05, 4.69) is 30.7 Å². The zero-order valence-corrected chi connectivity index (χ0v) is 14.6. The Kier molecular flexibility index (Phi) is 7.53. The molecule has 0 aliphatic carbocycles. The molecule has 23 heavy (non-hydrogen) atoms. The molecule has 1 aromatic carbocycles. The van der Waals surface area contributed by atoms with Gasteiger partial charge in [0.15, 0.2) is 0 Å². The topological polar surface area (TPSA) is 90.9 Å². The molecule has 0 spiro atoms. The molecule has 0 aliphatic heterocycles. The summed E-state index contributed by atoms with van der Waals surface area (Å²) in [7, 11) is 2.37. The van der Waals surface area contributed by atoms with Crippen molar-refractivity contribution in [2.75, 3.05) is 20.8 Å². The number of halogens is 1. The third kappa shape index (κ3) is 5.55. The molecule has 1 amide bonds. The van der Waals surface area contributed by atoms with Crippen molar-refractivity contribution in [1.29, 1.82) is 0 Å². The molecule has 0 bridgehead atoms. The van der Waals surface area contributed by atoms with Gasteiger partial charge in [-0.05, 0) is 25.1 Å². The Labute approximate surface area is 142 Å². The molecule has 0 saturated heterocycles. The molecule has 1 atom stereocenters. The normalized spacial score (nSPS) is 11.3. The van der Waals surface area contributed by atoms with Crippen LogP contribution >= 0.6 is 15.9 Å². The van der Waals surface area contributed by atoms with E-state index in [1.54, 1.807) is 25.1 Å². The van der Waals surface area contributed by atoms with Crippen LogP contribution in [0.5, 0.6) is 5.75 Å². The molecule has 0 aliphatic rings. The van der Waals surface area contributed by atoms with Crippen LogP contribution in [0.3, 0.4) is 0 Å². The standard InChI is InChI=1S/C15H18BrNO6/c1-4-23-12-7-9(16)5-6-10(12)14(19)17-11(15(20)22-3)8-13(18)21-2/h5-7,11H,4,8H2,1-3H3,(H,17,19)/t11-/m1/s1. The van der Waals surface area contributed by atoms with Gasteiger partial charge >= 0.3 is 11.9 Å². The number of hydrogen-bond acceptors (Lipinski definition) is 6. The highest BCUT2D eigenvalue weighted by Crippen LogP contribution is 2.24. The van der Waals surface area contributed by atoms with Gasteiger partial charge in [-0.3, -0.25) is 9.59 Å². The summed E-state index contributed by atoms with van der Waals surface area (Å²) in [6.45, 7) is 2.16. The van der Waals surface area contributed by atoms with Crippen molar-refractivity contribution in [1.82, 2.24) is 5.32 Å². The molecule has 0 unspecified atom stereocenters. The number of carbonyl (C=O) groups is 3. The molecule has 0 saturated carbocycles. The second kappa shape index (κ2) is 9.14. The van der Waals surface area contributed by atoms with Crippen molar-refractivity contribution >= 4 is 33.8 Å². The van der Waals surface area contributed by atoms with Gasteiger partial charge in [0.1, 0.15) is 11.8 Å². The maximum atomic E-state index is 12.4. The highest BCUT2D eigenvalue weighted by molar-refractivity contribution is 9.10. The largest absolute Gasteiger partial charge is 0.493 e. The summed E-state index contributed by atoms with van der Waals surface area (Å²) in [5.41, 5.74) is 0.244. The Morgan fingerprint density at radius 2 is 1.91 bits per heavy atom. The number of carbonyl (C=O) groups excluding carboxylic acids is 3. The van der Waals surface area contributed by atoms with Crippen molar-refractivity contribution in [2.24, 2.45) is 0 Å². The smallest absolute Gasteiger partial charge is 0.328 e. The molecule has 0 radical (unpaired) electrons. The van der Waals surface area contributed by atoms with Gasteiger partial charge in [-0.1, -0.05) is 15.9 Å². The van der Waals surface area contributed by atoms with Crippen LogP contribution in [0.25, 0.3) is 0 Å². The van der Waals surface area contributed by atoms with Crippen LogP contribution in [0, 0.1) is 0 Å². The molecule has 1 rings (SSSR count). The lowest BCUT2D eigenvalue weighted by molar-refractivity contribution is -0.149. The van der Waals surface area contributed by atoms with Gasteiger partial charge < -0.3 is 19.5 Å². The van der Waals surface area contributed by atoms with E-state index in [-0.39, 0.29) is 12.0 Å². The van der Waals surface area contributed by atoms with E-state index < -0.39 is 23.9 Å². The zero-order valence-electron chi connectivity index (χ0n) is 13.1. The Balaban J connectivity index is 2.98. The minimum absolute atomic E-state index is 0.244. The van der Waals surface area contributed by atoms with E-state index in [4.69, 9.17) is 4.74 Å². The number of benzene rings is 1. The van der Waals surface area contributed by atoms with Crippen LogP contribution in [-0.2, 0) is 19.1 Å². The molecule has 1 N–H and O–H groups in total. The lowest BCUT2D eigenvalue weighted by atomic mass is 10.1. The summed E-state index contributed by atoms with van der Waals surface area (Å²) in [5.74, 6) is -1.57. The van der Waals surface area contributed by atoms with Crippen molar-refractivity contribution in [3.8, 4) is 5.75 Å². The summed E-state index contributed by atoms with van der Waals surface area (Å²) < 4.78 is 15.3. The maximum Gasteiger partial charge on any atom is 0.328 e. The van der Waals surface area contributed by atoms with E-state index in [9.17, 15) is 14.4 Å². The molecular weight excluding hydrogens is 370 g/mol. The minimum atomic E-state index is -1.14. The number of ether oxygens (including phenoxy) is 3. The lowest BCUT2D eigenvalue weighted by Crippen LogP contribution is -2.43. The molecular formula is C15H18BrNO6. The molecule has 8 heteroatoms. The molecule has 126 valence electrons. The highest BCUT2D eigenvalue weighted by atomic mass is 79.9. The van der Waals surface area contributed by atoms with E-state index in [1.807, 2.05) is 0 Å². The van der Waals surface area contributed by atoms with Gasteiger partial charge in [0.25, 0.3) is 5.91 Å². The van der Waals surface area contributed by atoms with Crippen LogP contribution in [0.2, 0.25) is 0 Å². The van der Waals surface area contributed by atoms with Crippen LogP contribution < -0.4 is 10.1 Å². The second-order valence-corrected chi connectivity index (χ2v) is 5.32. The number of rotatable bonds is 7. The van der Waals surface area contributed by atoms with Crippen LogP contribution in [0.1, 0.15) is 23.7 Å². The summed E-state index contributed by atoms with van der Waals surface area (Å²) in [6, 6.07) is 3.73. The average molecular weight is 388 g/mol. The fraction of sp³-hybridized carbons (Fsp3) is 0.400. The summed E-state index contributed by atoms with van der Waals surface area (Å²) in [4.78, 5) is 35.5. The third-order valence-corrected chi connectivity index (χ3v) is 3.37. The first-order chi connectivity index (χ1) is 10.9. The highest BCUT2D eigenvalue weighted by Gasteiger charge is 2.26. The number of hydrogen-bond donors (Lipinski definition) is 1. The van der Waals surface area contributed by atoms with E-state index >= 15 is 0 Å². The average Bonchev–Trinajstić information content (AvgIpc) is 2.53. The third-order valence-electron chi connectivity index (χ3n) is 2.88. The number of amides is 1. The quantitative estimate of drug-likeness (QED) is 0.715. The Morgan fingerprint density at radius 1 is 1.22 bits per heavy atom. The first kappa shape index (κ1) is 19.0. The van der Waals surface area contributed by atoms with Gasteiger partial charge in [0.2, 0.25) is 0 Å². The van der Waals surface area contributed by atoms with Gasteiger partial charge in [0, 0.05) is 4.47 Å². The van der Waals surface area contributed by atoms with Gasteiger partial charge in [0.05, 0.1) is 32.8 Å². The number of methoxy groups -OCH3 is 2. The Morgan fingerprint density at radius 3 is 2.48 bits per heavy atom. The molecule has 0 fully saturated rings. The first-order valence-corrected chi connectivity index (χ1v) is 7.60. The number of nitrogens with one attached hydrogen (secondary N) is 1. The van der Waals surface area contributed by atoms with Crippen molar-refractivity contribution in [2.45, 2.75) is 19.4 Å². The zero-order chi connectivity index (χ0) is 17.4. The van der Waals surface area contributed by atoms with Crippen molar-refractivity contribution < 1.29 is 28.6 Å². The van der Waals surface area contributed by atoms with Crippen LogP contribution in [0.15, 0.2) is 22.7 Å². The summed E-state index contributed by atoms with van der Waals surface area (Å²) in [5, 5.41) is 2.46. The van der Waals surface area contributed by atoms with E-state index in [0.717, 1.165) is 4.47 Å². The Hall–Kier alpha value is -2.09. The number of esters is 2. The second-order valence-electron chi connectivity index (χ2n) is 4.40. The fourth-order valence-corrected chi connectivity index (χ4v) is 2.12. The molecule has 0 aromatic heterocycles. The van der Waals surface area contributed by atoms with Crippen molar-refractivity contribution in [3.63, 3.8) is 0 Å². The molecule has 1 aromatic rings. The monoisotopic (exact) mass is 387 g/mol. The Bertz CT molecular complexity index is 589. The predicted octanol–water partition coefficient (Wildman–Crippen LogP) is 1.68. The molecule has 7 nitrogen and oxygen atoms in total. The van der Waals surface area contributed by atoms with Crippen LogP contribution in [-0.4, -0.2) is 44.7 Å². The van der Waals surface area contributed by atoms with E-state index in [1.165, 1.54) is 14.2 Å². The lowest BCUT2D eigenvalue weighted by Gasteiger charge is -2.17. The maximum absolute atomic E-state index is 12.4. The van der Waals surface area contributed by atoms with Gasteiger partial charge in [-0.2, -0.15) is 0 Å². The van der Waals surface area contributed by atoms with Crippen LogP contribution in [0.4, 0.5) is 0 Å². The van der Waals surface area contributed by atoms with Gasteiger partial charge in [-0.25, -0.2) is 4.79 Å². The minimum Gasteiger partial charge on any atom is -0.493 e. The van der Waals surface area contributed by atoms with Crippen molar-refractivity contribution in [3.05, 3.63) is 28.2 Å². The summed E-state index contributed by atoms with van der Waals surface area (Å²) >= 11 is 3.30. The SMILES string of the molecule is CCOc1cc(Br)ccc1C(=O)N[C@H](CC(=O)OC)C(=O)OC. The van der Waals surface area contributed by atoms with E-state index in [0.29, 0.717) is 12.4 Å². The summed E-state index contributed by atoms with van der Waals surface area (Å²) in [6.07, 6.45) is -0.324. The fourth-order valence-electron chi connectivity index (χ4n) is 1.78. The van der Waals surface area contributed by atoms with Gasteiger partial charge in [-0.15, -0.1) is 0 Å².